The molecule has 1 aromatic heterocycles. The van der Waals surface area contributed by atoms with Gasteiger partial charge in [-0.05, 0) is 33.7 Å². The summed E-state index contributed by atoms with van der Waals surface area (Å²) in [5, 5.41) is 0.614. The van der Waals surface area contributed by atoms with Crippen LogP contribution in [0.1, 0.15) is 32.1 Å². The number of carbonyl (C=O) groups excluding carboxylic acids is 1. The molecule has 1 aliphatic heterocycles. The number of nitrogens with two attached hydrogens (primary N) is 1. The third-order valence-electron chi connectivity index (χ3n) is 3.58. The van der Waals surface area contributed by atoms with Crippen LogP contribution in [0, 0.1) is 5.92 Å². The van der Waals surface area contributed by atoms with Gasteiger partial charge in [-0.15, -0.1) is 11.3 Å². The zero-order chi connectivity index (χ0) is 14.9. The van der Waals surface area contributed by atoms with Gasteiger partial charge in [0.2, 0.25) is 5.91 Å². The fourth-order valence-electron chi connectivity index (χ4n) is 2.72. The lowest BCUT2D eigenvalue weighted by atomic mass is 10.1. The summed E-state index contributed by atoms with van der Waals surface area (Å²) in [6.07, 6.45) is 2.49. The minimum Gasteiger partial charge on any atom is -0.375 e. The Kier molecular flexibility index (Phi) is 4.34. The van der Waals surface area contributed by atoms with Gasteiger partial charge in [0, 0.05) is 42.7 Å². The summed E-state index contributed by atoms with van der Waals surface area (Å²) in [7, 11) is 2.08. The first-order valence-electron chi connectivity index (χ1n) is 6.95. The van der Waals surface area contributed by atoms with Crippen LogP contribution in [-0.4, -0.2) is 46.4 Å². The molecule has 1 aliphatic rings. The van der Waals surface area contributed by atoms with Gasteiger partial charge in [0.05, 0.1) is 0 Å². The molecule has 20 heavy (non-hydrogen) atoms. The fourth-order valence-corrected chi connectivity index (χ4v) is 3.48. The molecule has 2 heterocycles. The third kappa shape index (κ3) is 3.70. The van der Waals surface area contributed by atoms with E-state index >= 15 is 0 Å². The predicted octanol–water partition coefficient (Wildman–Crippen LogP) is 1.80. The topological polar surface area (TPSA) is 62.5 Å². The average Bonchev–Trinajstić information content (AvgIpc) is 2.84. The van der Waals surface area contributed by atoms with Crippen LogP contribution in [0.5, 0.6) is 0 Å². The Labute approximate surface area is 124 Å². The fraction of sp³-hybridized carbons (Fsp3) is 0.714. The van der Waals surface area contributed by atoms with Crippen LogP contribution in [-0.2, 0) is 11.3 Å². The van der Waals surface area contributed by atoms with Gasteiger partial charge in [-0.1, -0.05) is 0 Å². The average molecular weight is 296 g/mol. The predicted molar refractivity (Wildman–Crippen MR) is 82.4 cm³/mol. The maximum absolute atomic E-state index is 12.1. The van der Waals surface area contributed by atoms with Gasteiger partial charge in [0.15, 0.2) is 5.13 Å². The highest BCUT2D eigenvalue weighted by molar-refractivity contribution is 7.15. The molecule has 112 valence electrons. The Morgan fingerprint density at radius 2 is 2.25 bits per heavy atom. The number of nitrogen functional groups attached to an aromatic ring is 1. The Morgan fingerprint density at radius 1 is 1.55 bits per heavy atom. The quantitative estimate of drug-likeness (QED) is 0.920. The number of likely N-dealkylation sites (tertiary alicyclic amines) is 1. The summed E-state index contributed by atoms with van der Waals surface area (Å²) in [4.78, 5) is 21.5. The van der Waals surface area contributed by atoms with E-state index in [1.807, 2.05) is 11.1 Å². The highest BCUT2D eigenvalue weighted by Gasteiger charge is 2.36. The van der Waals surface area contributed by atoms with Crippen molar-refractivity contribution in [2.24, 2.45) is 5.92 Å². The molecule has 2 N–H and O–H groups in total. The number of hydrogen-bond acceptors (Lipinski definition) is 5. The van der Waals surface area contributed by atoms with E-state index in [1.165, 1.54) is 16.2 Å². The number of carbonyl (C=O) groups is 1. The number of anilines is 1. The monoisotopic (exact) mass is 296 g/mol. The van der Waals surface area contributed by atoms with Crippen molar-refractivity contribution in [3.8, 4) is 0 Å². The van der Waals surface area contributed by atoms with Gasteiger partial charge < -0.3 is 15.5 Å². The molecule has 0 aliphatic carbocycles. The molecule has 2 rings (SSSR count). The normalized spacial score (nSPS) is 20.1. The maximum atomic E-state index is 12.1. The van der Waals surface area contributed by atoms with Crippen molar-refractivity contribution in [2.45, 2.75) is 39.3 Å². The first-order valence-corrected chi connectivity index (χ1v) is 7.76. The van der Waals surface area contributed by atoms with E-state index in [0.717, 1.165) is 19.6 Å². The van der Waals surface area contributed by atoms with E-state index in [0.29, 0.717) is 17.5 Å². The Balaban J connectivity index is 1.87. The van der Waals surface area contributed by atoms with Crippen molar-refractivity contribution in [1.29, 1.82) is 0 Å². The molecule has 1 aromatic rings. The van der Waals surface area contributed by atoms with Crippen molar-refractivity contribution in [3.63, 3.8) is 0 Å². The van der Waals surface area contributed by atoms with Gasteiger partial charge >= 0.3 is 0 Å². The lowest BCUT2D eigenvalue weighted by Crippen LogP contribution is -2.42. The molecule has 0 unspecified atom stereocenters. The number of aromatic nitrogens is 1. The Hall–Kier alpha value is -1.14. The minimum atomic E-state index is -0.0729. The molecular formula is C14H24N4OS. The lowest BCUT2D eigenvalue weighted by Gasteiger charge is -2.32. The zero-order valence-corrected chi connectivity index (χ0v) is 13.5. The molecular weight excluding hydrogens is 272 g/mol. The Bertz CT molecular complexity index is 480. The van der Waals surface area contributed by atoms with Crippen molar-refractivity contribution in [1.82, 2.24) is 14.8 Å². The second-order valence-electron chi connectivity index (χ2n) is 6.61. The second-order valence-corrected chi connectivity index (χ2v) is 7.75. The summed E-state index contributed by atoms with van der Waals surface area (Å²) in [6, 6.07) is 0. The number of thiazole rings is 1. The van der Waals surface area contributed by atoms with E-state index in [1.54, 1.807) is 0 Å². The van der Waals surface area contributed by atoms with Crippen LogP contribution in [0.4, 0.5) is 5.13 Å². The smallest absolute Gasteiger partial charge is 0.223 e. The van der Waals surface area contributed by atoms with Gasteiger partial charge in [0.1, 0.15) is 0 Å². The minimum absolute atomic E-state index is 0.0729. The van der Waals surface area contributed by atoms with Gasteiger partial charge in [-0.25, -0.2) is 4.98 Å². The van der Waals surface area contributed by atoms with Crippen molar-refractivity contribution in [3.05, 3.63) is 11.1 Å². The number of rotatable bonds is 4. The molecule has 1 fully saturated rings. The molecule has 0 saturated carbocycles. The zero-order valence-electron chi connectivity index (χ0n) is 12.7. The van der Waals surface area contributed by atoms with Crippen molar-refractivity contribution >= 4 is 22.4 Å². The SMILES string of the molecule is CN(Cc1cnc(N)s1)C[C@H]1CC(=O)N(C(C)(C)C)C1. The second kappa shape index (κ2) is 5.69. The maximum Gasteiger partial charge on any atom is 0.223 e. The summed E-state index contributed by atoms with van der Waals surface area (Å²) in [6.45, 7) is 8.91. The van der Waals surface area contributed by atoms with Gasteiger partial charge in [-0.2, -0.15) is 0 Å². The van der Waals surface area contributed by atoms with E-state index in [2.05, 4.69) is 37.7 Å². The van der Waals surface area contributed by atoms with Gasteiger partial charge in [0.25, 0.3) is 0 Å². The highest BCUT2D eigenvalue weighted by Crippen LogP contribution is 2.26. The first kappa shape index (κ1) is 15.3. The number of amides is 1. The van der Waals surface area contributed by atoms with Crippen LogP contribution < -0.4 is 5.73 Å². The lowest BCUT2D eigenvalue weighted by molar-refractivity contribution is -0.131. The van der Waals surface area contributed by atoms with Crippen LogP contribution in [0.3, 0.4) is 0 Å². The van der Waals surface area contributed by atoms with E-state index < -0.39 is 0 Å². The summed E-state index contributed by atoms with van der Waals surface area (Å²) >= 11 is 1.53. The molecule has 1 saturated heterocycles. The molecule has 0 spiro atoms. The molecule has 0 aromatic carbocycles. The van der Waals surface area contributed by atoms with Crippen LogP contribution in [0.2, 0.25) is 0 Å². The molecule has 6 heteroatoms. The number of hydrogen-bond donors (Lipinski definition) is 1. The Morgan fingerprint density at radius 3 is 2.75 bits per heavy atom. The molecule has 0 radical (unpaired) electrons. The molecule has 1 amide bonds. The molecule has 0 bridgehead atoms. The van der Waals surface area contributed by atoms with Crippen LogP contribution in [0.25, 0.3) is 0 Å². The van der Waals surface area contributed by atoms with Gasteiger partial charge in [-0.3, -0.25) is 4.79 Å². The standard InChI is InChI=1S/C14H24N4OS/c1-14(2,3)18-8-10(5-12(18)19)7-17(4)9-11-6-16-13(15)20-11/h6,10H,5,7-9H2,1-4H3,(H2,15,16)/t10-/m1/s1. The van der Waals surface area contributed by atoms with E-state index in [-0.39, 0.29) is 11.4 Å². The van der Waals surface area contributed by atoms with Crippen LogP contribution >= 0.6 is 11.3 Å². The summed E-state index contributed by atoms with van der Waals surface area (Å²) in [5.74, 6) is 0.690. The summed E-state index contributed by atoms with van der Waals surface area (Å²) < 4.78 is 0. The molecule has 5 nitrogen and oxygen atoms in total. The summed E-state index contributed by atoms with van der Waals surface area (Å²) in [5.41, 5.74) is 5.57. The number of nitrogens with zero attached hydrogens (tertiary/aromatic N) is 3. The van der Waals surface area contributed by atoms with Crippen LogP contribution in [0.15, 0.2) is 6.20 Å². The molecule has 1 atom stereocenters. The highest BCUT2D eigenvalue weighted by atomic mass is 32.1. The van der Waals surface area contributed by atoms with E-state index in [9.17, 15) is 4.79 Å². The van der Waals surface area contributed by atoms with E-state index in [4.69, 9.17) is 5.73 Å². The third-order valence-corrected chi connectivity index (χ3v) is 4.39. The van der Waals surface area contributed by atoms with Crippen molar-refractivity contribution < 1.29 is 4.79 Å². The largest absolute Gasteiger partial charge is 0.375 e. The van der Waals surface area contributed by atoms with Crippen molar-refractivity contribution in [2.75, 3.05) is 25.9 Å². The first-order chi connectivity index (χ1) is 9.25.